The van der Waals surface area contributed by atoms with E-state index in [1.54, 1.807) is 0 Å². The van der Waals surface area contributed by atoms with Gasteiger partial charge in [0.25, 0.3) is 0 Å². The number of rotatable bonds is 5. The summed E-state index contributed by atoms with van der Waals surface area (Å²) in [5.74, 6) is 0. The highest BCUT2D eigenvalue weighted by Gasteiger charge is 2.12. The fourth-order valence-electron chi connectivity index (χ4n) is 2.38. The van der Waals surface area contributed by atoms with Crippen LogP contribution in [-0.4, -0.2) is 6.04 Å². The Hall–Kier alpha value is -0.830. The largest absolute Gasteiger partial charge is 0.307 e. The topological polar surface area (TPSA) is 12.0 Å². The fourth-order valence-corrected chi connectivity index (χ4v) is 3.13. The molecule has 0 saturated heterocycles. The number of hydrogen-bond donors (Lipinski definition) is 1. The SMILES string of the molecule is CC(Cc1ccc(Cl)cc1)NC(C)c1ccccc1Br. The number of halogens is 2. The summed E-state index contributed by atoms with van der Waals surface area (Å²) in [6.45, 7) is 4.40. The second-order valence-corrected chi connectivity index (χ2v) is 6.43. The maximum atomic E-state index is 5.91. The quantitative estimate of drug-likeness (QED) is 0.761. The van der Waals surface area contributed by atoms with Crippen LogP contribution < -0.4 is 5.32 Å². The van der Waals surface area contributed by atoms with E-state index in [4.69, 9.17) is 11.6 Å². The first-order valence-electron chi connectivity index (χ1n) is 6.81. The summed E-state index contributed by atoms with van der Waals surface area (Å²) in [6.07, 6.45) is 0.992. The van der Waals surface area contributed by atoms with Gasteiger partial charge in [0.15, 0.2) is 0 Å². The van der Waals surface area contributed by atoms with Crippen LogP contribution in [0.5, 0.6) is 0 Å². The molecule has 2 unspecified atom stereocenters. The summed E-state index contributed by atoms with van der Waals surface area (Å²) >= 11 is 9.52. The summed E-state index contributed by atoms with van der Waals surface area (Å²) in [5, 5.41) is 4.42. The number of hydrogen-bond acceptors (Lipinski definition) is 1. The Morgan fingerprint density at radius 1 is 1.05 bits per heavy atom. The zero-order valence-corrected chi connectivity index (χ0v) is 14.1. The Morgan fingerprint density at radius 2 is 1.70 bits per heavy atom. The molecule has 2 aromatic rings. The molecule has 2 aromatic carbocycles. The molecular weight excluding hydrogens is 334 g/mol. The van der Waals surface area contributed by atoms with Crippen molar-refractivity contribution in [3.05, 3.63) is 69.2 Å². The molecule has 0 amide bonds. The zero-order valence-electron chi connectivity index (χ0n) is 11.7. The highest BCUT2D eigenvalue weighted by atomic mass is 79.9. The minimum absolute atomic E-state index is 0.313. The van der Waals surface area contributed by atoms with Gasteiger partial charge in [-0.05, 0) is 49.6 Å². The molecule has 106 valence electrons. The van der Waals surface area contributed by atoms with Gasteiger partial charge in [-0.25, -0.2) is 0 Å². The highest BCUT2D eigenvalue weighted by Crippen LogP contribution is 2.23. The molecule has 0 aliphatic rings. The van der Waals surface area contributed by atoms with E-state index < -0.39 is 0 Å². The van der Waals surface area contributed by atoms with E-state index >= 15 is 0 Å². The molecule has 0 aromatic heterocycles. The second-order valence-electron chi connectivity index (χ2n) is 5.14. The molecule has 2 rings (SSSR count). The van der Waals surface area contributed by atoms with Gasteiger partial charge in [-0.15, -0.1) is 0 Å². The molecule has 0 fully saturated rings. The van der Waals surface area contributed by atoms with Gasteiger partial charge < -0.3 is 5.32 Å². The van der Waals surface area contributed by atoms with Crippen LogP contribution in [0.4, 0.5) is 0 Å². The fraction of sp³-hybridized carbons (Fsp3) is 0.294. The van der Waals surface area contributed by atoms with Crippen LogP contribution in [-0.2, 0) is 6.42 Å². The van der Waals surface area contributed by atoms with E-state index in [1.165, 1.54) is 11.1 Å². The molecule has 0 bridgehead atoms. The van der Waals surface area contributed by atoms with Gasteiger partial charge in [0.1, 0.15) is 0 Å². The lowest BCUT2D eigenvalue weighted by Gasteiger charge is -2.21. The van der Waals surface area contributed by atoms with E-state index in [0.29, 0.717) is 12.1 Å². The lowest BCUT2D eigenvalue weighted by molar-refractivity contribution is 0.476. The van der Waals surface area contributed by atoms with Gasteiger partial charge in [0.2, 0.25) is 0 Å². The molecule has 1 N–H and O–H groups in total. The molecule has 0 spiro atoms. The predicted molar refractivity (Wildman–Crippen MR) is 90.3 cm³/mol. The summed E-state index contributed by atoms with van der Waals surface area (Å²) in [6, 6.07) is 17.1. The third-order valence-electron chi connectivity index (χ3n) is 3.36. The molecular formula is C17H19BrClN. The van der Waals surface area contributed by atoms with Gasteiger partial charge in [0, 0.05) is 21.6 Å². The van der Waals surface area contributed by atoms with Crippen LogP contribution in [0.1, 0.15) is 31.0 Å². The molecule has 3 heteroatoms. The minimum Gasteiger partial charge on any atom is -0.307 e. The van der Waals surface area contributed by atoms with Crippen molar-refractivity contribution in [2.75, 3.05) is 0 Å². The van der Waals surface area contributed by atoms with Crippen LogP contribution >= 0.6 is 27.5 Å². The summed E-state index contributed by atoms with van der Waals surface area (Å²) in [7, 11) is 0. The number of benzene rings is 2. The van der Waals surface area contributed by atoms with Crippen molar-refractivity contribution in [1.82, 2.24) is 5.32 Å². The molecule has 2 atom stereocenters. The third kappa shape index (κ3) is 4.34. The molecule has 0 aliphatic heterocycles. The zero-order chi connectivity index (χ0) is 14.5. The lowest BCUT2D eigenvalue weighted by atomic mass is 10.0. The first kappa shape index (κ1) is 15.6. The maximum Gasteiger partial charge on any atom is 0.0406 e. The van der Waals surface area contributed by atoms with Crippen LogP contribution in [0.15, 0.2) is 53.0 Å². The van der Waals surface area contributed by atoms with Crippen molar-refractivity contribution in [3.8, 4) is 0 Å². The van der Waals surface area contributed by atoms with Crippen molar-refractivity contribution in [1.29, 1.82) is 0 Å². The first-order valence-corrected chi connectivity index (χ1v) is 7.98. The Bertz CT molecular complexity index is 553. The monoisotopic (exact) mass is 351 g/mol. The highest BCUT2D eigenvalue weighted by molar-refractivity contribution is 9.10. The van der Waals surface area contributed by atoms with E-state index in [1.807, 2.05) is 18.2 Å². The van der Waals surface area contributed by atoms with E-state index in [0.717, 1.165) is 15.9 Å². The van der Waals surface area contributed by atoms with Crippen LogP contribution in [0.2, 0.25) is 5.02 Å². The normalized spacial score (nSPS) is 14.0. The van der Waals surface area contributed by atoms with E-state index in [-0.39, 0.29) is 0 Å². The third-order valence-corrected chi connectivity index (χ3v) is 4.34. The van der Waals surface area contributed by atoms with Crippen LogP contribution in [0.25, 0.3) is 0 Å². The Kier molecular flexibility index (Phi) is 5.64. The average Bonchev–Trinajstić information content (AvgIpc) is 2.41. The van der Waals surface area contributed by atoms with E-state index in [9.17, 15) is 0 Å². The van der Waals surface area contributed by atoms with Crippen molar-refractivity contribution >= 4 is 27.5 Å². The van der Waals surface area contributed by atoms with Crippen molar-refractivity contribution in [2.24, 2.45) is 0 Å². The second kappa shape index (κ2) is 7.26. The van der Waals surface area contributed by atoms with Gasteiger partial charge >= 0.3 is 0 Å². The average molecular weight is 353 g/mol. The first-order chi connectivity index (χ1) is 9.56. The maximum absolute atomic E-state index is 5.91. The molecule has 0 radical (unpaired) electrons. The van der Waals surface area contributed by atoms with Crippen molar-refractivity contribution in [3.63, 3.8) is 0 Å². The molecule has 20 heavy (non-hydrogen) atoms. The standard InChI is InChI=1S/C17H19BrClN/c1-12(11-14-7-9-15(19)10-8-14)20-13(2)16-5-3-4-6-17(16)18/h3-10,12-13,20H,11H2,1-2H3. The smallest absolute Gasteiger partial charge is 0.0406 e. The van der Waals surface area contributed by atoms with Crippen molar-refractivity contribution in [2.45, 2.75) is 32.4 Å². The Labute approximate surface area is 134 Å². The molecule has 0 heterocycles. The Balaban J connectivity index is 1.96. The Morgan fingerprint density at radius 3 is 2.35 bits per heavy atom. The van der Waals surface area contributed by atoms with Crippen LogP contribution in [0.3, 0.4) is 0 Å². The summed E-state index contributed by atoms with van der Waals surface area (Å²) < 4.78 is 1.15. The molecule has 0 saturated carbocycles. The summed E-state index contributed by atoms with van der Waals surface area (Å²) in [4.78, 5) is 0. The predicted octanol–water partition coefficient (Wildman–Crippen LogP) is 5.38. The van der Waals surface area contributed by atoms with Gasteiger partial charge in [-0.2, -0.15) is 0 Å². The number of nitrogens with one attached hydrogen (secondary N) is 1. The summed E-state index contributed by atoms with van der Waals surface area (Å²) in [5.41, 5.74) is 2.59. The molecule has 1 nitrogen and oxygen atoms in total. The lowest BCUT2D eigenvalue weighted by Crippen LogP contribution is -2.30. The molecule has 0 aliphatic carbocycles. The van der Waals surface area contributed by atoms with Gasteiger partial charge in [-0.3, -0.25) is 0 Å². The van der Waals surface area contributed by atoms with Gasteiger partial charge in [-0.1, -0.05) is 57.9 Å². The minimum atomic E-state index is 0.313. The van der Waals surface area contributed by atoms with Gasteiger partial charge in [0.05, 0.1) is 0 Å². The van der Waals surface area contributed by atoms with Crippen molar-refractivity contribution < 1.29 is 0 Å². The van der Waals surface area contributed by atoms with E-state index in [2.05, 4.69) is 65.4 Å². The van der Waals surface area contributed by atoms with Crippen LogP contribution in [0, 0.1) is 0 Å².